The predicted octanol–water partition coefficient (Wildman–Crippen LogP) is 4.11. The molecule has 2 aromatic carbocycles. The number of rotatable bonds is 10. The topological polar surface area (TPSA) is 61.8 Å². The summed E-state index contributed by atoms with van der Waals surface area (Å²) in [6, 6.07) is 12.1. The molecule has 8 heteroatoms. The van der Waals surface area contributed by atoms with Gasteiger partial charge in [-0.25, -0.2) is 0 Å². The first-order chi connectivity index (χ1) is 14.6. The second kappa shape index (κ2) is 11.2. The van der Waals surface area contributed by atoms with Gasteiger partial charge in [-0.05, 0) is 56.3 Å². The van der Waals surface area contributed by atoms with E-state index in [9.17, 15) is 23.1 Å². The van der Waals surface area contributed by atoms with Gasteiger partial charge in [0.05, 0.1) is 5.56 Å². The van der Waals surface area contributed by atoms with Crippen LogP contribution in [-0.2, 0) is 12.7 Å². The van der Waals surface area contributed by atoms with Crippen molar-refractivity contribution in [3.63, 3.8) is 0 Å². The Bertz CT molecular complexity index is 839. The third-order valence-electron chi connectivity index (χ3n) is 4.84. The normalized spacial score (nSPS) is 12.8. The molecule has 0 aliphatic carbocycles. The van der Waals surface area contributed by atoms with E-state index >= 15 is 0 Å². The van der Waals surface area contributed by atoms with Crippen LogP contribution in [-0.4, -0.2) is 47.8 Å². The Labute approximate surface area is 180 Å². The monoisotopic (exact) mass is 438 g/mol. The van der Waals surface area contributed by atoms with Crippen molar-refractivity contribution in [2.24, 2.45) is 0 Å². The summed E-state index contributed by atoms with van der Waals surface area (Å²) in [5.74, 6) is -0.348. The zero-order valence-corrected chi connectivity index (χ0v) is 17.9. The fourth-order valence-corrected chi connectivity index (χ4v) is 2.98. The van der Waals surface area contributed by atoms with Crippen molar-refractivity contribution in [1.82, 2.24) is 10.2 Å². The first kappa shape index (κ1) is 24.7. The minimum Gasteiger partial charge on any atom is -0.491 e. The number of nitrogens with zero attached hydrogens (tertiary/aromatic N) is 1. The highest BCUT2D eigenvalue weighted by molar-refractivity contribution is 5.94. The molecule has 1 atom stereocenters. The molecule has 31 heavy (non-hydrogen) atoms. The van der Waals surface area contributed by atoms with Crippen LogP contribution in [0.4, 0.5) is 13.2 Å². The third-order valence-corrected chi connectivity index (χ3v) is 4.84. The molecule has 2 N–H and O–H groups in total. The summed E-state index contributed by atoms with van der Waals surface area (Å²) in [6.07, 6.45) is -5.53. The lowest BCUT2D eigenvalue weighted by Crippen LogP contribution is -2.35. The van der Waals surface area contributed by atoms with Crippen LogP contribution in [0, 0.1) is 0 Å². The molecule has 2 rings (SSSR count). The molecule has 0 aliphatic rings. The standard InChI is InChI=1S/C23H29F3N2O3/c1-4-28(16(2)3)14-17-8-10-18(11-9-17)22(30)27-13-20(29)15-31-21-7-5-6-19(12-21)23(24,25)26/h5-12,16,20,29H,4,13-15H2,1-3H3,(H,27,30). The summed E-state index contributed by atoms with van der Waals surface area (Å²) in [5, 5.41) is 12.6. The van der Waals surface area contributed by atoms with E-state index in [2.05, 4.69) is 31.0 Å². The van der Waals surface area contributed by atoms with Crippen molar-refractivity contribution in [3.8, 4) is 5.75 Å². The van der Waals surface area contributed by atoms with E-state index in [0.29, 0.717) is 11.6 Å². The fourth-order valence-electron chi connectivity index (χ4n) is 2.98. The number of carbonyl (C=O) groups excluding carboxylic acids is 1. The number of nitrogens with one attached hydrogen (secondary N) is 1. The van der Waals surface area contributed by atoms with Gasteiger partial charge in [-0.15, -0.1) is 0 Å². The molecule has 5 nitrogen and oxygen atoms in total. The highest BCUT2D eigenvalue weighted by atomic mass is 19.4. The molecule has 0 spiro atoms. The maximum absolute atomic E-state index is 12.7. The van der Waals surface area contributed by atoms with Crippen LogP contribution in [0.1, 0.15) is 42.3 Å². The number of aliphatic hydroxyl groups is 1. The molecule has 0 bridgehead atoms. The van der Waals surface area contributed by atoms with Crippen molar-refractivity contribution >= 4 is 5.91 Å². The molecular weight excluding hydrogens is 409 g/mol. The second-order valence-corrected chi connectivity index (χ2v) is 7.55. The van der Waals surface area contributed by atoms with Crippen LogP contribution >= 0.6 is 0 Å². The number of ether oxygens (including phenoxy) is 1. The van der Waals surface area contributed by atoms with E-state index < -0.39 is 17.8 Å². The van der Waals surface area contributed by atoms with Gasteiger partial charge < -0.3 is 15.2 Å². The Morgan fingerprint density at radius 3 is 2.42 bits per heavy atom. The van der Waals surface area contributed by atoms with Crippen molar-refractivity contribution in [2.75, 3.05) is 19.7 Å². The van der Waals surface area contributed by atoms with E-state index in [4.69, 9.17) is 4.74 Å². The van der Waals surface area contributed by atoms with Crippen molar-refractivity contribution in [2.45, 2.75) is 45.6 Å². The number of carbonyl (C=O) groups is 1. The van der Waals surface area contributed by atoms with Gasteiger partial charge in [0.25, 0.3) is 5.91 Å². The highest BCUT2D eigenvalue weighted by Gasteiger charge is 2.30. The SMILES string of the molecule is CCN(Cc1ccc(C(=O)NCC(O)COc2cccc(C(F)(F)F)c2)cc1)C(C)C. The molecule has 2 aromatic rings. The van der Waals surface area contributed by atoms with Gasteiger partial charge in [0.2, 0.25) is 0 Å². The maximum atomic E-state index is 12.7. The summed E-state index contributed by atoms with van der Waals surface area (Å²) in [5.41, 5.74) is 0.732. The smallest absolute Gasteiger partial charge is 0.416 e. The number of hydrogen-bond acceptors (Lipinski definition) is 4. The van der Waals surface area contributed by atoms with Crippen LogP contribution in [0.25, 0.3) is 0 Å². The molecule has 1 unspecified atom stereocenters. The highest BCUT2D eigenvalue weighted by Crippen LogP contribution is 2.31. The van der Waals surface area contributed by atoms with Gasteiger partial charge in [-0.1, -0.05) is 25.1 Å². The Balaban J connectivity index is 1.81. The van der Waals surface area contributed by atoms with Crippen LogP contribution in [0.2, 0.25) is 0 Å². The first-order valence-electron chi connectivity index (χ1n) is 10.2. The van der Waals surface area contributed by atoms with E-state index in [1.165, 1.54) is 12.1 Å². The molecular formula is C23H29F3N2O3. The fraction of sp³-hybridized carbons (Fsp3) is 0.435. The Hall–Kier alpha value is -2.58. The predicted molar refractivity (Wildman–Crippen MR) is 113 cm³/mol. The molecule has 0 fully saturated rings. The van der Waals surface area contributed by atoms with Crippen LogP contribution in [0.3, 0.4) is 0 Å². The van der Waals surface area contributed by atoms with Gasteiger partial charge >= 0.3 is 6.18 Å². The molecule has 0 heterocycles. The van der Waals surface area contributed by atoms with Gasteiger partial charge in [0.1, 0.15) is 18.5 Å². The molecule has 170 valence electrons. The Morgan fingerprint density at radius 1 is 1.16 bits per heavy atom. The lowest BCUT2D eigenvalue weighted by atomic mass is 10.1. The summed E-state index contributed by atoms with van der Waals surface area (Å²) in [4.78, 5) is 14.6. The molecule has 0 aliphatic heterocycles. The first-order valence-corrected chi connectivity index (χ1v) is 10.2. The summed E-state index contributed by atoms with van der Waals surface area (Å²) >= 11 is 0. The van der Waals surface area contributed by atoms with Crippen LogP contribution in [0.15, 0.2) is 48.5 Å². The third kappa shape index (κ3) is 7.88. The molecule has 0 saturated carbocycles. The number of hydrogen-bond donors (Lipinski definition) is 2. The van der Waals surface area contributed by atoms with E-state index in [0.717, 1.165) is 30.8 Å². The quantitative estimate of drug-likeness (QED) is 0.586. The van der Waals surface area contributed by atoms with E-state index in [1.807, 2.05) is 12.1 Å². The summed E-state index contributed by atoms with van der Waals surface area (Å²) in [7, 11) is 0. The van der Waals surface area contributed by atoms with E-state index in [-0.39, 0.29) is 24.8 Å². The van der Waals surface area contributed by atoms with Crippen LogP contribution in [0.5, 0.6) is 5.75 Å². The molecule has 0 saturated heterocycles. The maximum Gasteiger partial charge on any atom is 0.416 e. The lowest BCUT2D eigenvalue weighted by molar-refractivity contribution is -0.137. The second-order valence-electron chi connectivity index (χ2n) is 7.55. The van der Waals surface area contributed by atoms with E-state index in [1.54, 1.807) is 12.1 Å². The zero-order valence-electron chi connectivity index (χ0n) is 17.9. The number of benzene rings is 2. The number of amides is 1. The van der Waals surface area contributed by atoms with Gasteiger partial charge in [0, 0.05) is 24.7 Å². The van der Waals surface area contributed by atoms with Crippen molar-refractivity contribution < 1.29 is 27.8 Å². The summed E-state index contributed by atoms with van der Waals surface area (Å²) in [6.45, 7) is 7.76. The zero-order chi connectivity index (χ0) is 23.0. The molecule has 0 aromatic heterocycles. The minimum absolute atomic E-state index is 0.00156. The average Bonchev–Trinajstić information content (AvgIpc) is 2.74. The largest absolute Gasteiger partial charge is 0.491 e. The summed E-state index contributed by atoms with van der Waals surface area (Å²) < 4.78 is 43.4. The molecule has 1 amide bonds. The van der Waals surface area contributed by atoms with Gasteiger partial charge in [-0.2, -0.15) is 13.2 Å². The minimum atomic E-state index is -4.47. The Morgan fingerprint density at radius 2 is 1.84 bits per heavy atom. The number of halogens is 3. The molecule has 0 radical (unpaired) electrons. The van der Waals surface area contributed by atoms with Gasteiger partial charge in [-0.3, -0.25) is 9.69 Å². The lowest BCUT2D eigenvalue weighted by Gasteiger charge is -2.24. The Kier molecular flexibility index (Phi) is 8.88. The van der Waals surface area contributed by atoms with Crippen LogP contribution < -0.4 is 10.1 Å². The van der Waals surface area contributed by atoms with Crippen molar-refractivity contribution in [3.05, 3.63) is 65.2 Å². The average molecular weight is 438 g/mol. The van der Waals surface area contributed by atoms with Crippen molar-refractivity contribution in [1.29, 1.82) is 0 Å². The number of aliphatic hydroxyl groups excluding tert-OH is 1. The van der Waals surface area contributed by atoms with Gasteiger partial charge in [0.15, 0.2) is 0 Å². The number of alkyl halides is 3.